The average molecular weight is 491 g/mol. The van der Waals surface area contributed by atoms with Crippen molar-refractivity contribution < 1.29 is 28.1 Å². The second-order valence-corrected chi connectivity index (χ2v) is 11.6. The molecule has 1 amide bonds. The fraction of sp³-hybridized carbons (Fsp3) is 0.741. The molecule has 7 nitrogen and oxygen atoms in total. The maximum atomic E-state index is 14.2. The highest BCUT2D eigenvalue weighted by atomic mass is 19.1. The molecule has 1 aromatic carbocycles. The van der Waals surface area contributed by atoms with Crippen molar-refractivity contribution in [1.82, 2.24) is 9.80 Å². The van der Waals surface area contributed by atoms with Crippen molar-refractivity contribution >= 4 is 6.09 Å². The Bertz CT molecular complexity index is 899. The fourth-order valence-corrected chi connectivity index (χ4v) is 5.87. The highest BCUT2D eigenvalue weighted by Gasteiger charge is 2.53. The number of piperidine rings is 1. The van der Waals surface area contributed by atoms with E-state index in [4.69, 9.17) is 18.9 Å². The van der Waals surface area contributed by atoms with Crippen LogP contribution in [0, 0.1) is 5.82 Å². The number of hydrogen-bond acceptors (Lipinski definition) is 6. The molecule has 4 aliphatic heterocycles. The second kappa shape index (κ2) is 9.87. The molecule has 0 aliphatic carbocycles. The molecule has 0 aromatic heterocycles. The van der Waals surface area contributed by atoms with Gasteiger partial charge in [-0.05, 0) is 77.2 Å². The molecule has 4 saturated heterocycles. The van der Waals surface area contributed by atoms with E-state index in [1.165, 1.54) is 6.07 Å². The highest BCUT2D eigenvalue weighted by molar-refractivity contribution is 5.69. The summed E-state index contributed by atoms with van der Waals surface area (Å²) in [5.74, 6) is 0.920. The quantitative estimate of drug-likeness (QED) is 0.626. The molecular weight excluding hydrogens is 451 g/mol. The first kappa shape index (κ1) is 24.8. The summed E-state index contributed by atoms with van der Waals surface area (Å²) in [4.78, 5) is 16.6. The third-order valence-electron chi connectivity index (χ3n) is 7.72. The number of ether oxygens (including phenoxy) is 4. The molecule has 35 heavy (non-hydrogen) atoms. The number of likely N-dealkylation sites (tertiary alicyclic amines) is 2. The van der Waals surface area contributed by atoms with E-state index in [1.807, 2.05) is 20.8 Å². The normalized spacial score (nSPS) is 26.1. The molecule has 1 aromatic rings. The third-order valence-corrected chi connectivity index (χ3v) is 7.72. The van der Waals surface area contributed by atoms with Gasteiger partial charge in [0.05, 0.1) is 32.9 Å². The van der Waals surface area contributed by atoms with Gasteiger partial charge >= 0.3 is 6.09 Å². The maximum absolute atomic E-state index is 14.2. The van der Waals surface area contributed by atoms with Gasteiger partial charge in [0.2, 0.25) is 0 Å². The van der Waals surface area contributed by atoms with Crippen LogP contribution in [-0.2, 0) is 14.2 Å². The van der Waals surface area contributed by atoms with E-state index in [0.29, 0.717) is 31.7 Å². The summed E-state index contributed by atoms with van der Waals surface area (Å²) in [5.41, 5.74) is 0.286. The molecule has 194 valence electrons. The summed E-state index contributed by atoms with van der Waals surface area (Å²) in [7, 11) is 0. The number of benzene rings is 1. The summed E-state index contributed by atoms with van der Waals surface area (Å²) in [6, 6.07) is 5.33. The van der Waals surface area contributed by atoms with Crippen molar-refractivity contribution in [2.24, 2.45) is 0 Å². The van der Waals surface area contributed by atoms with Crippen LogP contribution in [0.2, 0.25) is 0 Å². The molecule has 0 radical (unpaired) electrons. The van der Waals surface area contributed by atoms with Gasteiger partial charge in [-0.15, -0.1) is 0 Å². The lowest BCUT2D eigenvalue weighted by atomic mass is 9.86. The zero-order valence-electron chi connectivity index (χ0n) is 21.3. The first-order valence-electron chi connectivity index (χ1n) is 13.1. The Morgan fingerprint density at radius 3 is 2.51 bits per heavy atom. The predicted molar refractivity (Wildman–Crippen MR) is 129 cm³/mol. The van der Waals surface area contributed by atoms with E-state index in [2.05, 4.69) is 4.90 Å². The lowest BCUT2D eigenvalue weighted by Gasteiger charge is -2.47. The first-order chi connectivity index (χ1) is 16.7. The van der Waals surface area contributed by atoms with Crippen molar-refractivity contribution in [3.63, 3.8) is 0 Å². The molecule has 4 aliphatic rings. The van der Waals surface area contributed by atoms with Crippen molar-refractivity contribution in [3.8, 4) is 5.75 Å². The van der Waals surface area contributed by atoms with Crippen LogP contribution in [0.25, 0.3) is 0 Å². The highest BCUT2D eigenvalue weighted by Crippen LogP contribution is 2.41. The van der Waals surface area contributed by atoms with Gasteiger partial charge in [-0.1, -0.05) is 0 Å². The van der Waals surface area contributed by atoms with E-state index >= 15 is 0 Å². The molecule has 0 N–H and O–H groups in total. The number of nitrogens with zero attached hydrogens (tertiary/aromatic N) is 2. The minimum absolute atomic E-state index is 0.141. The van der Waals surface area contributed by atoms with Gasteiger partial charge < -0.3 is 23.8 Å². The smallest absolute Gasteiger partial charge is 0.410 e. The Morgan fingerprint density at radius 1 is 1.11 bits per heavy atom. The molecule has 5 rings (SSSR count). The van der Waals surface area contributed by atoms with E-state index in [1.54, 1.807) is 17.0 Å². The Labute approximate surface area is 207 Å². The summed E-state index contributed by atoms with van der Waals surface area (Å²) in [6.07, 6.45) is 4.53. The number of rotatable bonds is 4. The lowest BCUT2D eigenvalue weighted by molar-refractivity contribution is -0.109. The molecule has 0 bridgehead atoms. The maximum Gasteiger partial charge on any atom is 0.410 e. The van der Waals surface area contributed by atoms with E-state index < -0.39 is 5.60 Å². The number of amides is 1. The SMILES string of the molecule is CC(C)(C)OC(=O)N1CC2(C[C@H](N3CCC(c4cc(F)ccc4OC4CCOCC4)CC3)CO2)C1. The van der Waals surface area contributed by atoms with E-state index in [0.717, 1.165) is 69.7 Å². The van der Waals surface area contributed by atoms with Gasteiger partial charge in [-0.2, -0.15) is 0 Å². The van der Waals surface area contributed by atoms with Gasteiger partial charge in [0.1, 0.15) is 28.9 Å². The number of carbonyl (C=O) groups excluding carboxylic acids is 1. The second-order valence-electron chi connectivity index (χ2n) is 11.6. The summed E-state index contributed by atoms with van der Waals surface area (Å²) >= 11 is 0. The molecule has 1 atom stereocenters. The molecular formula is C27H39FN2O5. The Hall–Kier alpha value is -1.90. The van der Waals surface area contributed by atoms with Crippen LogP contribution in [0.4, 0.5) is 9.18 Å². The first-order valence-corrected chi connectivity index (χ1v) is 13.1. The van der Waals surface area contributed by atoms with Gasteiger partial charge in [0.25, 0.3) is 0 Å². The minimum atomic E-state index is -0.485. The molecule has 0 unspecified atom stereocenters. The zero-order chi connectivity index (χ0) is 24.6. The van der Waals surface area contributed by atoms with Gasteiger partial charge in [0.15, 0.2) is 0 Å². The fourth-order valence-electron chi connectivity index (χ4n) is 5.87. The van der Waals surface area contributed by atoms with Crippen molar-refractivity contribution in [1.29, 1.82) is 0 Å². The molecule has 0 saturated carbocycles. The van der Waals surface area contributed by atoms with Crippen molar-refractivity contribution in [2.75, 3.05) is 46.0 Å². The van der Waals surface area contributed by atoms with Gasteiger partial charge in [0, 0.05) is 24.4 Å². The number of carbonyl (C=O) groups is 1. The van der Waals surface area contributed by atoms with Crippen molar-refractivity contribution in [2.45, 2.75) is 82.1 Å². The predicted octanol–water partition coefficient (Wildman–Crippen LogP) is 4.34. The van der Waals surface area contributed by atoms with Crippen LogP contribution in [0.15, 0.2) is 18.2 Å². The summed E-state index contributed by atoms with van der Waals surface area (Å²) in [6.45, 7) is 10.9. The Kier molecular flexibility index (Phi) is 6.98. The van der Waals surface area contributed by atoms with Gasteiger partial charge in [-0.3, -0.25) is 4.90 Å². The Balaban J connectivity index is 1.13. The summed E-state index contributed by atoms with van der Waals surface area (Å²) < 4.78 is 37.6. The average Bonchev–Trinajstić information content (AvgIpc) is 3.25. The van der Waals surface area contributed by atoms with Crippen LogP contribution in [-0.4, -0.2) is 85.2 Å². The topological polar surface area (TPSA) is 60.5 Å². The molecule has 1 spiro atoms. The standard InChI is InChI=1S/C27H39FN2O5/c1-26(2,3)35-25(31)30-17-27(18-30)15-21(16-33-27)29-10-6-19(7-11-29)23-14-20(28)4-5-24(23)34-22-8-12-32-13-9-22/h4-5,14,19,21-22H,6-13,15-18H2,1-3H3/t21-/m0/s1. The molecule has 4 fully saturated rings. The molecule has 8 heteroatoms. The summed E-state index contributed by atoms with van der Waals surface area (Å²) in [5, 5.41) is 0. The van der Waals surface area contributed by atoms with Crippen LogP contribution in [0.3, 0.4) is 0 Å². The third kappa shape index (κ3) is 5.75. The van der Waals surface area contributed by atoms with Crippen LogP contribution < -0.4 is 4.74 Å². The van der Waals surface area contributed by atoms with Crippen LogP contribution >= 0.6 is 0 Å². The minimum Gasteiger partial charge on any atom is -0.490 e. The zero-order valence-corrected chi connectivity index (χ0v) is 21.3. The van der Waals surface area contributed by atoms with E-state index in [9.17, 15) is 9.18 Å². The monoisotopic (exact) mass is 490 g/mol. The van der Waals surface area contributed by atoms with Crippen LogP contribution in [0.1, 0.15) is 64.4 Å². The Morgan fingerprint density at radius 2 is 1.83 bits per heavy atom. The van der Waals surface area contributed by atoms with Crippen molar-refractivity contribution in [3.05, 3.63) is 29.6 Å². The number of hydrogen-bond donors (Lipinski definition) is 0. The van der Waals surface area contributed by atoms with Crippen LogP contribution in [0.5, 0.6) is 5.75 Å². The van der Waals surface area contributed by atoms with Gasteiger partial charge in [-0.25, -0.2) is 9.18 Å². The lowest BCUT2D eigenvalue weighted by Crippen LogP contribution is -2.64. The molecule has 4 heterocycles. The van der Waals surface area contributed by atoms with E-state index in [-0.39, 0.29) is 23.6 Å². The largest absolute Gasteiger partial charge is 0.490 e. The number of halogens is 1.